The van der Waals surface area contributed by atoms with Gasteiger partial charge in [0.2, 0.25) is 5.91 Å². The number of piperidine rings is 1. The average molecular weight is 308 g/mol. The fraction of sp³-hybridized carbons (Fsp3) is 0.588. The van der Waals surface area contributed by atoms with Gasteiger partial charge >= 0.3 is 0 Å². The summed E-state index contributed by atoms with van der Waals surface area (Å²) in [6.45, 7) is 4.15. The number of carbonyl (C=O) groups excluding carboxylic acids is 1. The molecule has 0 aliphatic carbocycles. The topological polar surface area (TPSA) is 32.8 Å². The molecule has 1 heterocycles. The molecule has 4 nitrogen and oxygen atoms in total. The van der Waals surface area contributed by atoms with E-state index in [4.69, 9.17) is 4.74 Å². The maximum atomic E-state index is 13.7. The van der Waals surface area contributed by atoms with E-state index in [0.29, 0.717) is 6.54 Å². The molecule has 1 aliphatic heterocycles. The van der Waals surface area contributed by atoms with Crippen LogP contribution in [-0.2, 0) is 11.3 Å². The molecule has 122 valence electrons. The van der Waals surface area contributed by atoms with Crippen LogP contribution in [0, 0.1) is 5.82 Å². The quantitative estimate of drug-likeness (QED) is 0.838. The van der Waals surface area contributed by atoms with Crippen molar-refractivity contribution in [3.8, 4) is 5.75 Å². The van der Waals surface area contributed by atoms with E-state index in [1.807, 2.05) is 29.8 Å². The highest BCUT2D eigenvalue weighted by atomic mass is 19.1. The van der Waals surface area contributed by atoms with Gasteiger partial charge in [0.05, 0.1) is 13.2 Å². The van der Waals surface area contributed by atoms with Crippen LogP contribution in [0.5, 0.6) is 5.75 Å². The van der Waals surface area contributed by atoms with Crippen molar-refractivity contribution in [3.63, 3.8) is 0 Å². The molecule has 1 aliphatic rings. The first-order valence-electron chi connectivity index (χ1n) is 7.84. The average Bonchev–Trinajstić information content (AvgIpc) is 2.54. The first kappa shape index (κ1) is 16.7. The summed E-state index contributed by atoms with van der Waals surface area (Å²) in [5.41, 5.74) is 0.832. The van der Waals surface area contributed by atoms with Gasteiger partial charge < -0.3 is 9.64 Å². The van der Waals surface area contributed by atoms with Crippen LogP contribution in [0.1, 0.15) is 31.7 Å². The van der Waals surface area contributed by atoms with Gasteiger partial charge in [-0.05, 0) is 50.9 Å². The molecule has 0 aromatic heterocycles. The monoisotopic (exact) mass is 308 g/mol. The Labute approximate surface area is 131 Å². The Hall–Kier alpha value is -1.62. The SMILES string of the molecule is COc1ccc(CN(C)C(C)C(=O)N2CCCCC2)cc1F. The summed E-state index contributed by atoms with van der Waals surface area (Å²) in [4.78, 5) is 16.4. The highest BCUT2D eigenvalue weighted by molar-refractivity contribution is 5.81. The van der Waals surface area contributed by atoms with Gasteiger partial charge in [0, 0.05) is 19.6 Å². The smallest absolute Gasteiger partial charge is 0.239 e. The van der Waals surface area contributed by atoms with Gasteiger partial charge in [-0.15, -0.1) is 0 Å². The number of hydrogen-bond acceptors (Lipinski definition) is 3. The van der Waals surface area contributed by atoms with Crippen LogP contribution in [0.4, 0.5) is 4.39 Å². The van der Waals surface area contributed by atoms with Crippen LogP contribution in [-0.4, -0.2) is 49.0 Å². The van der Waals surface area contributed by atoms with Crippen LogP contribution in [0.3, 0.4) is 0 Å². The summed E-state index contributed by atoms with van der Waals surface area (Å²) in [5.74, 6) is 0.0310. The van der Waals surface area contributed by atoms with Gasteiger partial charge in [-0.1, -0.05) is 6.07 Å². The molecule has 0 bridgehead atoms. The lowest BCUT2D eigenvalue weighted by atomic mass is 10.1. The molecule has 0 spiro atoms. The number of likely N-dealkylation sites (tertiary alicyclic amines) is 1. The number of amides is 1. The normalized spacial score (nSPS) is 16.7. The highest BCUT2D eigenvalue weighted by Gasteiger charge is 2.25. The van der Waals surface area contributed by atoms with Crippen LogP contribution in [0.25, 0.3) is 0 Å². The summed E-state index contributed by atoms with van der Waals surface area (Å²) < 4.78 is 18.7. The van der Waals surface area contributed by atoms with Gasteiger partial charge in [-0.25, -0.2) is 4.39 Å². The molecule has 0 N–H and O–H groups in total. The van der Waals surface area contributed by atoms with E-state index < -0.39 is 0 Å². The van der Waals surface area contributed by atoms with E-state index in [9.17, 15) is 9.18 Å². The third-order valence-corrected chi connectivity index (χ3v) is 4.33. The Balaban J connectivity index is 1.96. The largest absolute Gasteiger partial charge is 0.494 e. The number of ether oxygens (including phenoxy) is 1. The maximum Gasteiger partial charge on any atom is 0.239 e. The van der Waals surface area contributed by atoms with E-state index in [1.165, 1.54) is 19.6 Å². The Morgan fingerprint density at radius 2 is 2.05 bits per heavy atom. The molecule has 1 fully saturated rings. The van der Waals surface area contributed by atoms with Crippen molar-refractivity contribution in [1.29, 1.82) is 0 Å². The summed E-state index contributed by atoms with van der Waals surface area (Å²) >= 11 is 0. The number of hydrogen-bond donors (Lipinski definition) is 0. The lowest BCUT2D eigenvalue weighted by Crippen LogP contribution is -2.47. The van der Waals surface area contributed by atoms with Gasteiger partial charge in [0.25, 0.3) is 0 Å². The van der Waals surface area contributed by atoms with E-state index >= 15 is 0 Å². The fourth-order valence-electron chi connectivity index (χ4n) is 2.80. The van der Waals surface area contributed by atoms with Crippen LogP contribution in [0.2, 0.25) is 0 Å². The molecule has 2 rings (SSSR count). The molecule has 1 saturated heterocycles. The lowest BCUT2D eigenvalue weighted by Gasteiger charge is -2.32. The van der Waals surface area contributed by atoms with Crippen molar-refractivity contribution < 1.29 is 13.9 Å². The Bertz CT molecular complexity index is 515. The predicted molar refractivity (Wildman–Crippen MR) is 84.3 cm³/mol. The third kappa shape index (κ3) is 3.97. The van der Waals surface area contributed by atoms with Crippen molar-refractivity contribution in [2.24, 2.45) is 0 Å². The molecule has 0 radical (unpaired) electrons. The van der Waals surface area contributed by atoms with Gasteiger partial charge in [0.15, 0.2) is 11.6 Å². The summed E-state index contributed by atoms with van der Waals surface area (Å²) in [5, 5.41) is 0. The van der Waals surface area contributed by atoms with Crippen molar-refractivity contribution >= 4 is 5.91 Å². The summed E-state index contributed by atoms with van der Waals surface area (Å²) in [7, 11) is 3.35. The van der Waals surface area contributed by atoms with Gasteiger partial charge in [-0.2, -0.15) is 0 Å². The molecular formula is C17H25FN2O2. The van der Waals surface area contributed by atoms with Crippen molar-refractivity contribution in [2.75, 3.05) is 27.2 Å². The molecule has 1 atom stereocenters. The second-order valence-corrected chi connectivity index (χ2v) is 5.95. The van der Waals surface area contributed by atoms with E-state index in [-0.39, 0.29) is 23.5 Å². The summed E-state index contributed by atoms with van der Waals surface area (Å²) in [6, 6.07) is 4.71. The first-order chi connectivity index (χ1) is 10.5. The minimum atomic E-state index is -0.372. The van der Waals surface area contributed by atoms with Crippen molar-refractivity contribution in [2.45, 2.75) is 38.8 Å². The zero-order valence-electron chi connectivity index (χ0n) is 13.6. The van der Waals surface area contributed by atoms with E-state index in [1.54, 1.807) is 6.07 Å². The van der Waals surface area contributed by atoms with Gasteiger partial charge in [0.1, 0.15) is 0 Å². The maximum absolute atomic E-state index is 13.7. The molecule has 22 heavy (non-hydrogen) atoms. The molecule has 0 saturated carbocycles. The van der Waals surface area contributed by atoms with E-state index in [2.05, 4.69) is 0 Å². The Morgan fingerprint density at radius 1 is 1.36 bits per heavy atom. The Kier molecular flexibility index (Phi) is 5.77. The second kappa shape index (κ2) is 7.58. The zero-order valence-corrected chi connectivity index (χ0v) is 13.6. The fourth-order valence-corrected chi connectivity index (χ4v) is 2.80. The van der Waals surface area contributed by atoms with Crippen molar-refractivity contribution in [1.82, 2.24) is 9.80 Å². The first-order valence-corrected chi connectivity index (χ1v) is 7.84. The number of benzene rings is 1. The molecular weight excluding hydrogens is 283 g/mol. The minimum absolute atomic E-state index is 0.163. The number of halogens is 1. The molecule has 1 amide bonds. The van der Waals surface area contributed by atoms with Crippen LogP contribution in [0.15, 0.2) is 18.2 Å². The molecule has 5 heteroatoms. The summed E-state index contributed by atoms with van der Waals surface area (Å²) in [6.07, 6.45) is 3.39. The highest BCUT2D eigenvalue weighted by Crippen LogP contribution is 2.19. The molecule has 1 aromatic carbocycles. The van der Waals surface area contributed by atoms with Crippen LogP contribution >= 0.6 is 0 Å². The van der Waals surface area contributed by atoms with E-state index in [0.717, 1.165) is 31.5 Å². The number of nitrogens with zero attached hydrogens (tertiary/aromatic N) is 2. The number of rotatable bonds is 5. The number of methoxy groups -OCH3 is 1. The number of carbonyl (C=O) groups is 1. The minimum Gasteiger partial charge on any atom is -0.494 e. The Morgan fingerprint density at radius 3 is 2.64 bits per heavy atom. The van der Waals surface area contributed by atoms with Crippen LogP contribution < -0.4 is 4.74 Å². The standard InChI is InChI=1S/C17H25FN2O2/c1-13(17(21)20-9-5-4-6-10-20)19(2)12-14-7-8-16(22-3)15(18)11-14/h7-8,11,13H,4-6,9-10,12H2,1-3H3. The van der Waals surface area contributed by atoms with Crippen molar-refractivity contribution in [3.05, 3.63) is 29.6 Å². The zero-order chi connectivity index (χ0) is 16.1. The molecule has 1 aromatic rings. The molecule has 1 unspecified atom stereocenters. The predicted octanol–water partition coefficient (Wildman–Crippen LogP) is 2.67. The lowest BCUT2D eigenvalue weighted by molar-refractivity contribution is -0.137. The second-order valence-electron chi connectivity index (χ2n) is 5.95. The number of likely N-dealkylation sites (N-methyl/N-ethyl adjacent to an activating group) is 1. The third-order valence-electron chi connectivity index (χ3n) is 4.33. The van der Waals surface area contributed by atoms with Gasteiger partial charge in [-0.3, -0.25) is 9.69 Å².